The number of aromatic nitrogens is 4. The number of hydrogen-bond acceptors (Lipinski definition) is 7. The van der Waals surface area contributed by atoms with Crippen LogP contribution in [0.2, 0.25) is 0 Å². The van der Waals surface area contributed by atoms with Crippen molar-refractivity contribution >= 4 is 23.2 Å². The summed E-state index contributed by atoms with van der Waals surface area (Å²) in [6.07, 6.45) is 0. The van der Waals surface area contributed by atoms with Gasteiger partial charge in [-0.15, -0.1) is 0 Å². The molecular formula is C20H22F2N8O. The first kappa shape index (κ1) is 20.7. The smallest absolute Gasteiger partial charge is 0.254 e. The lowest BCUT2D eigenvalue weighted by atomic mass is 10.2. The van der Waals surface area contributed by atoms with Crippen LogP contribution < -0.4 is 21.3 Å². The van der Waals surface area contributed by atoms with Gasteiger partial charge in [0.05, 0.1) is 11.4 Å². The highest BCUT2D eigenvalue weighted by molar-refractivity contribution is 5.81. The summed E-state index contributed by atoms with van der Waals surface area (Å²) in [5.74, 6) is -0.772. The molecule has 1 aliphatic rings. The number of rotatable bonds is 5. The van der Waals surface area contributed by atoms with E-state index in [1.54, 1.807) is 10.7 Å². The number of hydrogen-bond donors (Lipinski definition) is 3. The van der Waals surface area contributed by atoms with Gasteiger partial charge in [-0.3, -0.25) is 4.79 Å². The van der Waals surface area contributed by atoms with Crippen molar-refractivity contribution in [3.05, 3.63) is 53.4 Å². The van der Waals surface area contributed by atoms with Gasteiger partial charge in [0.15, 0.2) is 0 Å². The third kappa shape index (κ3) is 4.45. The number of benzene rings is 1. The normalized spacial score (nSPS) is 16.4. The van der Waals surface area contributed by atoms with E-state index in [9.17, 15) is 13.6 Å². The minimum atomic E-state index is -0.746. The van der Waals surface area contributed by atoms with Gasteiger partial charge in [-0.2, -0.15) is 15.1 Å². The first-order chi connectivity index (χ1) is 14.8. The van der Waals surface area contributed by atoms with Gasteiger partial charge < -0.3 is 21.3 Å². The maximum atomic E-state index is 14.2. The molecule has 1 saturated heterocycles. The lowest BCUT2D eigenvalue weighted by molar-refractivity contribution is -0.120. The molecule has 11 heteroatoms. The Labute approximate surface area is 177 Å². The molecule has 1 aliphatic heterocycles. The minimum Gasteiger partial charge on any atom is -0.368 e. The van der Waals surface area contributed by atoms with Gasteiger partial charge >= 0.3 is 0 Å². The summed E-state index contributed by atoms with van der Waals surface area (Å²) >= 11 is 0. The lowest BCUT2D eigenvalue weighted by Gasteiger charge is -2.33. The number of amides is 1. The van der Waals surface area contributed by atoms with Crippen molar-refractivity contribution in [3.63, 3.8) is 0 Å². The fourth-order valence-corrected chi connectivity index (χ4v) is 3.45. The summed E-state index contributed by atoms with van der Waals surface area (Å²) in [7, 11) is 0. The third-order valence-corrected chi connectivity index (χ3v) is 4.94. The van der Waals surface area contributed by atoms with Crippen molar-refractivity contribution in [3.8, 4) is 5.95 Å². The average Bonchev–Trinajstić information content (AvgIpc) is 3.08. The van der Waals surface area contributed by atoms with Crippen LogP contribution in [0.4, 0.5) is 26.1 Å². The number of piperazine rings is 1. The number of aryl methyl sites for hydroxylation is 2. The number of anilines is 3. The minimum absolute atomic E-state index is 0.0701. The van der Waals surface area contributed by atoms with Crippen molar-refractivity contribution in [2.45, 2.75) is 19.9 Å². The number of halogens is 2. The first-order valence-electron chi connectivity index (χ1n) is 9.72. The van der Waals surface area contributed by atoms with E-state index < -0.39 is 23.6 Å². The van der Waals surface area contributed by atoms with E-state index in [2.05, 4.69) is 25.7 Å². The quantitative estimate of drug-likeness (QED) is 0.565. The zero-order chi connectivity index (χ0) is 22.1. The zero-order valence-electron chi connectivity index (χ0n) is 17.1. The topological polar surface area (TPSA) is 114 Å². The predicted molar refractivity (Wildman–Crippen MR) is 111 cm³/mol. The molecular weight excluding hydrogens is 406 g/mol. The van der Waals surface area contributed by atoms with Crippen LogP contribution in [0.3, 0.4) is 0 Å². The van der Waals surface area contributed by atoms with Crippen molar-refractivity contribution < 1.29 is 13.6 Å². The summed E-state index contributed by atoms with van der Waals surface area (Å²) < 4.78 is 29.0. The van der Waals surface area contributed by atoms with Gasteiger partial charge in [0.2, 0.25) is 5.91 Å². The Bertz CT molecular complexity index is 1130. The number of nitrogens with zero attached hydrogens (tertiary/aromatic N) is 5. The van der Waals surface area contributed by atoms with E-state index in [1.165, 1.54) is 6.07 Å². The standard InChI is InChI=1S/C20H22F2N8O/c1-11-7-12(2)30(28-11)20-26-17(25-15-4-3-13(21)8-14(15)22)9-18(27-20)29-6-5-24-16(10-29)19(23)31/h3-4,7-9,16,24H,5-6,10H2,1-2H3,(H2,23,31)(H,25,26,27)/t16-/m0/s1. The van der Waals surface area contributed by atoms with E-state index in [0.717, 1.165) is 23.5 Å². The summed E-state index contributed by atoms with van der Waals surface area (Å²) in [5, 5.41) is 10.4. The van der Waals surface area contributed by atoms with Crippen molar-refractivity contribution in [1.82, 2.24) is 25.1 Å². The van der Waals surface area contributed by atoms with Gasteiger partial charge in [-0.1, -0.05) is 0 Å². The average molecular weight is 428 g/mol. The van der Waals surface area contributed by atoms with Crippen LogP contribution in [0.1, 0.15) is 11.4 Å². The molecule has 1 fully saturated rings. The summed E-state index contributed by atoms with van der Waals surface area (Å²) in [6.45, 7) is 5.18. The van der Waals surface area contributed by atoms with Crippen molar-refractivity contribution in [2.24, 2.45) is 5.73 Å². The molecule has 4 N–H and O–H groups in total. The van der Waals surface area contributed by atoms with Crippen LogP contribution in [0.5, 0.6) is 0 Å². The summed E-state index contributed by atoms with van der Waals surface area (Å²) in [5.41, 5.74) is 7.14. The van der Waals surface area contributed by atoms with E-state index in [0.29, 0.717) is 31.3 Å². The van der Waals surface area contributed by atoms with Gasteiger partial charge in [0.1, 0.15) is 29.3 Å². The number of carbonyl (C=O) groups excluding carboxylic acids is 1. The molecule has 1 atom stereocenters. The zero-order valence-corrected chi connectivity index (χ0v) is 17.1. The Kier molecular flexibility index (Phi) is 5.51. The van der Waals surface area contributed by atoms with Crippen LogP contribution >= 0.6 is 0 Å². The lowest BCUT2D eigenvalue weighted by Crippen LogP contribution is -2.56. The molecule has 4 rings (SSSR count). The molecule has 2 aromatic heterocycles. The van der Waals surface area contributed by atoms with Crippen LogP contribution in [-0.2, 0) is 4.79 Å². The molecule has 0 spiro atoms. The molecule has 0 unspecified atom stereocenters. The Balaban J connectivity index is 1.75. The van der Waals surface area contributed by atoms with Gasteiger partial charge in [-0.25, -0.2) is 13.5 Å². The molecule has 3 heterocycles. The molecule has 0 radical (unpaired) electrons. The summed E-state index contributed by atoms with van der Waals surface area (Å²) in [6, 6.07) is 6.25. The Morgan fingerprint density at radius 1 is 1.23 bits per heavy atom. The number of carbonyl (C=O) groups is 1. The Morgan fingerprint density at radius 3 is 2.71 bits per heavy atom. The molecule has 0 aliphatic carbocycles. The van der Waals surface area contributed by atoms with Crippen LogP contribution in [0.15, 0.2) is 30.3 Å². The van der Waals surface area contributed by atoms with Crippen LogP contribution in [-0.4, -0.2) is 51.3 Å². The third-order valence-electron chi connectivity index (χ3n) is 4.94. The van der Waals surface area contributed by atoms with Gasteiger partial charge in [-0.05, 0) is 32.0 Å². The molecule has 1 amide bonds. The fourth-order valence-electron chi connectivity index (χ4n) is 3.45. The van der Waals surface area contributed by atoms with E-state index >= 15 is 0 Å². The maximum absolute atomic E-state index is 14.2. The molecule has 162 valence electrons. The van der Waals surface area contributed by atoms with E-state index in [1.807, 2.05) is 24.8 Å². The molecule has 1 aromatic carbocycles. The van der Waals surface area contributed by atoms with Crippen molar-refractivity contribution in [1.29, 1.82) is 0 Å². The first-order valence-corrected chi connectivity index (χ1v) is 9.72. The second kappa shape index (κ2) is 8.26. The fraction of sp³-hybridized carbons (Fsp3) is 0.300. The molecule has 0 bridgehead atoms. The SMILES string of the molecule is Cc1cc(C)n(-c2nc(Nc3ccc(F)cc3F)cc(N3CCN[C@H](C(N)=O)C3)n2)n1. The van der Waals surface area contributed by atoms with Crippen LogP contribution in [0, 0.1) is 25.5 Å². The number of nitrogens with two attached hydrogens (primary N) is 1. The highest BCUT2D eigenvalue weighted by Gasteiger charge is 2.25. The van der Waals surface area contributed by atoms with Crippen molar-refractivity contribution in [2.75, 3.05) is 29.9 Å². The number of primary amides is 1. The highest BCUT2D eigenvalue weighted by Crippen LogP contribution is 2.24. The van der Waals surface area contributed by atoms with E-state index in [-0.39, 0.29) is 11.6 Å². The Hall–Kier alpha value is -3.60. The molecule has 31 heavy (non-hydrogen) atoms. The second-order valence-electron chi connectivity index (χ2n) is 7.35. The maximum Gasteiger partial charge on any atom is 0.254 e. The monoisotopic (exact) mass is 428 g/mol. The van der Waals surface area contributed by atoms with Gasteiger partial charge in [0, 0.05) is 37.5 Å². The Morgan fingerprint density at radius 2 is 2.03 bits per heavy atom. The molecule has 0 saturated carbocycles. The van der Waals surface area contributed by atoms with Crippen LogP contribution in [0.25, 0.3) is 5.95 Å². The predicted octanol–water partition coefficient (Wildman–Crippen LogP) is 1.56. The van der Waals surface area contributed by atoms with Gasteiger partial charge in [0.25, 0.3) is 5.95 Å². The molecule has 3 aromatic rings. The largest absolute Gasteiger partial charge is 0.368 e. The molecule has 9 nitrogen and oxygen atoms in total. The summed E-state index contributed by atoms with van der Waals surface area (Å²) in [4.78, 5) is 22.6. The highest BCUT2D eigenvalue weighted by atomic mass is 19.1. The van der Waals surface area contributed by atoms with E-state index in [4.69, 9.17) is 5.73 Å². The second-order valence-corrected chi connectivity index (χ2v) is 7.35. The number of nitrogens with one attached hydrogen (secondary N) is 2.